The highest BCUT2D eigenvalue weighted by Crippen LogP contribution is 2.24. The number of hydrogen-bond acceptors (Lipinski definition) is 4. The number of pyridine rings is 1. The molecule has 134 valence electrons. The number of rotatable bonds is 6. The average Bonchev–Trinajstić information content (AvgIpc) is 2.62. The van der Waals surface area contributed by atoms with Crippen molar-refractivity contribution in [2.75, 3.05) is 17.6 Å². The number of benzene rings is 2. The second-order valence-electron chi connectivity index (χ2n) is 6.09. The van der Waals surface area contributed by atoms with Crippen LogP contribution in [0, 0.1) is 0 Å². The van der Waals surface area contributed by atoms with Gasteiger partial charge in [-0.2, -0.15) is 0 Å². The number of hydrogen-bond donors (Lipinski definition) is 3. The monoisotopic (exact) mass is 351 g/mol. The fourth-order valence-corrected chi connectivity index (χ4v) is 3.05. The van der Waals surface area contributed by atoms with Crippen LogP contribution in [0.15, 0.2) is 53.5 Å². The number of aromatic nitrogens is 1. The van der Waals surface area contributed by atoms with Gasteiger partial charge in [0.25, 0.3) is 0 Å². The van der Waals surface area contributed by atoms with Crippen LogP contribution < -0.4 is 16.5 Å². The van der Waals surface area contributed by atoms with E-state index >= 15 is 0 Å². The van der Waals surface area contributed by atoms with Gasteiger partial charge in [0.1, 0.15) is 5.56 Å². The van der Waals surface area contributed by atoms with Crippen molar-refractivity contribution in [3.8, 4) is 0 Å². The van der Waals surface area contributed by atoms with Crippen molar-refractivity contribution in [3.05, 3.63) is 70.0 Å². The highest BCUT2D eigenvalue weighted by atomic mass is 16.4. The lowest BCUT2D eigenvalue weighted by Gasteiger charge is -2.14. The smallest absolute Gasteiger partial charge is 0.341 e. The third kappa shape index (κ3) is 3.39. The first-order chi connectivity index (χ1) is 12.5. The number of carboxylic acid groups (broad SMARTS) is 1. The lowest BCUT2D eigenvalue weighted by molar-refractivity contribution is 0.0695. The summed E-state index contributed by atoms with van der Waals surface area (Å²) in [5.74, 6) is -1.25. The standard InChI is InChI=1S/C20H21N3O3/c1-2-23-12-15(20(25)26)19(24)18-16(21)10-14(11-17(18)23)22-9-8-13-6-4-3-5-7-13/h3-7,10-12,22H,2,8-9,21H2,1H3,(H,25,26). The SMILES string of the molecule is CCn1cc(C(=O)O)c(=O)c2c(N)cc(NCCc3ccccc3)cc21. The van der Waals surface area contributed by atoms with Gasteiger partial charge >= 0.3 is 5.97 Å². The first-order valence-corrected chi connectivity index (χ1v) is 8.49. The molecule has 0 radical (unpaired) electrons. The van der Waals surface area contributed by atoms with E-state index in [-0.39, 0.29) is 16.6 Å². The third-order valence-electron chi connectivity index (χ3n) is 4.37. The van der Waals surface area contributed by atoms with Gasteiger partial charge in [-0.1, -0.05) is 30.3 Å². The molecule has 0 aliphatic rings. The normalized spacial score (nSPS) is 10.8. The van der Waals surface area contributed by atoms with Gasteiger partial charge in [0.2, 0.25) is 5.43 Å². The molecule has 0 bridgehead atoms. The number of fused-ring (bicyclic) bond motifs is 1. The highest BCUT2D eigenvalue weighted by Gasteiger charge is 2.16. The number of anilines is 2. The van der Waals surface area contributed by atoms with E-state index in [9.17, 15) is 14.7 Å². The maximum atomic E-state index is 12.5. The van der Waals surface area contributed by atoms with Crippen LogP contribution in [0.25, 0.3) is 10.9 Å². The minimum Gasteiger partial charge on any atom is -0.477 e. The lowest BCUT2D eigenvalue weighted by Crippen LogP contribution is -2.20. The number of carbonyl (C=O) groups is 1. The van der Waals surface area contributed by atoms with Crippen LogP contribution in [0.4, 0.5) is 11.4 Å². The zero-order valence-corrected chi connectivity index (χ0v) is 14.5. The third-order valence-corrected chi connectivity index (χ3v) is 4.37. The number of nitrogens with one attached hydrogen (secondary N) is 1. The first kappa shape index (κ1) is 17.5. The zero-order valence-electron chi connectivity index (χ0n) is 14.5. The fourth-order valence-electron chi connectivity index (χ4n) is 3.05. The van der Waals surface area contributed by atoms with Crippen molar-refractivity contribution < 1.29 is 9.90 Å². The van der Waals surface area contributed by atoms with Crippen molar-refractivity contribution >= 4 is 28.2 Å². The molecule has 0 spiro atoms. The molecule has 0 fully saturated rings. The summed E-state index contributed by atoms with van der Waals surface area (Å²) in [6, 6.07) is 13.6. The Labute approximate surface area is 150 Å². The molecule has 0 amide bonds. The van der Waals surface area contributed by atoms with Gasteiger partial charge < -0.3 is 20.7 Å². The molecule has 2 aromatic carbocycles. The van der Waals surface area contributed by atoms with E-state index in [1.807, 2.05) is 31.2 Å². The Kier molecular flexibility index (Phi) is 4.93. The van der Waals surface area contributed by atoms with Gasteiger partial charge in [0.15, 0.2) is 0 Å². The Morgan fingerprint density at radius 2 is 1.96 bits per heavy atom. The molecule has 0 atom stereocenters. The Balaban J connectivity index is 1.95. The summed E-state index contributed by atoms with van der Waals surface area (Å²) >= 11 is 0. The van der Waals surface area contributed by atoms with Crippen molar-refractivity contribution in [1.29, 1.82) is 0 Å². The van der Waals surface area contributed by atoms with E-state index in [0.717, 1.165) is 18.7 Å². The van der Waals surface area contributed by atoms with E-state index in [2.05, 4.69) is 17.4 Å². The largest absolute Gasteiger partial charge is 0.477 e. The second kappa shape index (κ2) is 7.31. The molecular formula is C20H21N3O3. The Morgan fingerprint density at radius 1 is 1.23 bits per heavy atom. The second-order valence-corrected chi connectivity index (χ2v) is 6.09. The highest BCUT2D eigenvalue weighted by molar-refractivity contribution is 5.98. The van der Waals surface area contributed by atoms with Crippen LogP contribution in [0.1, 0.15) is 22.8 Å². The summed E-state index contributed by atoms with van der Waals surface area (Å²) in [4.78, 5) is 23.8. The van der Waals surface area contributed by atoms with Gasteiger partial charge in [-0.05, 0) is 31.0 Å². The van der Waals surface area contributed by atoms with Crippen LogP contribution >= 0.6 is 0 Å². The van der Waals surface area contributed by atoms with Crippen molar-refractivity contribution in [2.24, 2.45) is 0 Å². The van der Waals surface area contributed by atoms with E-state index < -0.39 is 11.4 Å². The first-order valence-electron chi connectivity index (χ1n) is 8.49. The minimum absolute atomic E-state index is 0.250. The van der Waals surface area contributed by atoms with Crippen LogP contribution in [0.5, 0.6) is 0 Å². The minimum atomic E-state index is -1.25. The number of nitrogens with zero attached hydrogens (tertiary/aromatic N) is 1. The average molecular weight is 351 g/mol. The summed E-state index contributed by atoms with van der Waals surface area (Å²) < 4.78 is 1.74. The molecule has 4 N–H and O–H groups in total. The molecule has 26 heavy (non-hydrogen) atoms. The molecule has 6 heteroatoms. The molecule has 0 unspecified atom stereocenters. The number of nitrogen functional groups attached to an aromatic ring is 1. The molecule has 0 saturated carbocycles. The van der Waals surface area contributed by atoms with Gasteiger partial charge in [-0.25, -0.2) is 4.79 Å². The lowest BCUT2D eigenvalue weighted by atomic mass is 10.1. The quantitative estimate of drug-likeness (QED) is 0.593. The fraction of sp³-hybridized carbons (Fsp3) is 0.200. The Bertz CT molecular complexity index is 1010. The van der Waals surface area contributed by atoms with Crippen LogP contribution in [0.2, 0.25) is 0 Å². The van der Waals surface area contributed by atoms with Crippen molar-refractivity contribution in [2.45, 2.75) is 19.9 Å². The summed E-state index contributed by atoms with van der Waals surface area (Å²) in [6.45, 7) is 3.14. The number of carboxylic acids is 1. The number of nitrogens with two attached hydrogens (primary N) is 1. The predicted octanol–water partition coefficient (Wildman–Crippen LogP) is 2.96. The number of aryl methyl sites for hydroxylation is 1. The van der Waals surface area contributed by atoms with Crippen molar-refractivity contribution in [1.82, 2.24) is 4.57 Å². The van der Waals surface area contributed by atoms with E-state index in [1.165, 1.54) is 11.8 Å². The molecule has 6 nitrogen and oxygen atoms in total. The maximum Gasteiger partial charge on any atom is 0.341 e. The van der Waals surface area contributed by atoms with Gasteiger partial charge in [0.05, 0.1) is 10.9 Å². The summed E-state index contributed by atoms with van der Waals surface area (Å²) in [7, 11) is 0. The van der Waals surface area contributed by atoms with Crippen molar-refractivity contribution in [3.63, 3.8) is 0 Å². The topological polar surface area (TPSA) is 97.4 Å². The van der Waals surface area contributed by atoms with Gasteiger partial charge in [-0.15, -0.1) is 0 Å². The molecule has 1 heterocycles. The Hall–Kier alpha value is -3.28. The molecule has 0 aliphatic carbocycles. The summed E-state index contributed by atoms with van der Waals surface area (Å²) in [5.41, 5.74) is 8.20. The molecule has 1 aromatic heterocycles. The predicted molar refractivity (Wildman–Crippen MR) is 104 cm³/mol. The van der Waals surface area contributed by atoms with Gasteiger partial charge in [-0.3, -0.25) is 4.79 Å². The molecular weight excluding hydrogens is 330 g/mol. The van der Waals surface area contributed by atoms with E-state index in [0.29, 0.717) is 12.1 Å². The number of aromatic carboxylic acids is 1. The summed E-state index contributed by atoms with van der Waals surface area (Å²) in [5, 5.41) is 12.8. The molecule has 3 rings (SSSR count). The maximum absolute atomic E-state index is 12.5. The van der Waals surface area contributed by atoms with E-state index in [4.69, 9.17) is 5.73 Å². The van der Waals surface area contributed by atoms with Crippen LogP contribution in [-0.4, -0.2) is 22.2 Å². The van der Waals surface area contributed by atoms with E-state index in [1.54, 1.807) is 10.6 Å². The van der Waals surface area contributed by atoms with Gasteiger partial charge in [0, 0.05) is 30.7 Å². The van der Waals surface area contributed by atoms with Crippen LogP contribution in [-0.2, 0) is 13.0 Å². The molecule has 0 aliphatic heterocycles. The Morgan fingerprint density at radius 3 is 2.62 bits per heavy atom. The zero-order chi connectivity index (χ0) is 18.7. The summed E-state index contributed by atoms with van der Waals surface area (Å²) in [6.07, 6.45) is 2.23. The van der Waals surface area contributed by atoms with Crippen LogP contribution in [0.3, 0.4) is 0 Å². The molecule has 0 saturated heterocycles. The molecule has 3 aromatic rings.